The number of fused-ring (bicyclic) bond motifs is 1. The van der Waals surface area contributed by atoms with Gasteiger partial charge in [-0.1, -0.05) is 41.4 Å². The molecule has 30 heavy (non-hydrogen) atoms. The van der Waals surface area contributed by atoms with Crippen LogP contribution in [-0.4, -0.2) is 65.6 Å². The van der Waals surface area contributed by atoms with Crippen molar-refractivity contribution < 1.29 is 14.3 Å². The van der Waals surface area contributed by atoms with Gasteiger partial charge in [0.25, 0.3) is 5.91 Å². The van der Waals surface area contributed by atoms with Gasteiger partial charge in [-0.25, -0.2) is 9.97 Å². The highest BCUT2D eigenvalue weighted by Gasteiger charge is 2.30. The number of para-hydroxylation sites is 1. The van der Waals surface area contributed by atoms with Gasteiger partial charge in [0, 0.05) is 43.6 Å². The summed E-state index contributed by atoms with van der Waals surface area (Å²) in [6, 6.07) is 7.89. The van der Waals surface area contributed by atoms with Crippen LogP contribution in [0.2, 0.25) is 0 Å². The first-order valence-corrected chi connectivity index (χ1v) is 10.8. The number of nitrogens with zero attached hydrogens (tertiary/aromatic N) is 4. The fourth-order valence-electron chi connectivity index (χ4n) is 3.91. The summed E-state index contributed by atoms with van der Waals surface area (Å²) >= 11 is 11.7. The lowest BCUT2D eigenvalue weighted by atomic mass is 10.0. The summed E-state index contributed by atoms with van der Waals surface area (Å²) in [5.41, 5.74) is 2.98. The molecule has 1 saturated heterocycles. The number of alkyl halides is 2. The molecule has 0 unspecified atom stereocenters. The highest BCUT2D eigenvalue weighted by molar-refractivity contribution is 6.53. The minimum absolute atomic E-state index is 0.282. The molecular weight excluding hydrogens is 427 g/mol. The highest BCUT2D eigenvalue weighted by Crippen LogP contribution is 2.30. The number of benzene rings is 1. The quantitative estimate of drug-likeness (QED) is 0.652. The highest BCUT2D eigenvalue weighted by atomic mass is 35.5. The first kappa shape index (κ1) is 21.2. The third-order valence-electron chi connectivity index (χ3n) is 5.43. The number of rotatable bonds is 5. The predicted octanol–water partition coefficient (Wildman–Crippen LogP) is 2.60. The lowest BCUT2D eigenvalue weighted by Gasteiger charge is -2.34. The van der Waals surface area contributed by atoms with Gasteiger partial charge in [-0.05, 0) is 6.07 Å². The Bertz CT molecular complexity index is 919. The lowest BCUT2D eigenvalue weighted by Crippen LogP contribution is -2.42. The molecule has 2 aliphatic rings. The number of hydrogen-bond donors (Lipinski definition) is 0. The fraction of sp³-hybridized carbons (Fsp3) is 0.476. The average molecular weight is 451 g/mol. The zero-order chi connectivity index (χ0) is 21.1. The molecule has 0 spiro atoms. The minimum atomic E-state index is -1.07. The largest absolute Gasteiger partial charge is 0.496 e. The van der Waals surface area contributed by atoms with E-state index in [0.717, 1.165) is 47.3 Å². The topological polar surface area (TPSA) is 67.8 Å². The number of halogens is 2. The Balaban J connectivity index is 1.70. The van der Waals surface area contributed by atoms with E-state index in [1.807, 2.05) is 24.3 Å². The van der Waals surface area contributed by atoms with Crippen LogP contribution in [0.15, 0.2) is 24.3 Å². The van der Waals surface area contributed by atoms with Crippen molar-refractivity contribution in [2.75, 3.05) is 44.9 Å². The number of hydrogen-bond acceptors (Lipinski definition) is 6. The second-order valence-corrected chi connectivity index (χ2v) is 8.38. The van der Waals surface area contributed by atoms with Crippen LogP contribution >= 0.6 is 23.2 Å². The summed E-state index contributed by atoms with van der Waals surface area (Å²) < 4.78 is 11.0. The summed E-state index contributed by atoms with van der Waals surface area (Å²) in [4.78, 5) is 24.9. The number of ether oxygens (including phenoxy) is 2. The SMILES string of the molecule is COc1ccccc1Cc1nc2c(c(N3CCOCC3)n1)CN(C(=O)C(Cl)Cl)CC2. The van der Waals surface area contributed by atoms with Crippen molar-refractivity contribution >= 4 is 34.9 Å². The molecule has 1 aromatic carbocycles. The van der Waals surface area contributed by atoms with E-state index in [1.54, 1.807) is 12.0 Å². The second-order valence-electron chi connectivity index (χ2n) is 7.29. The maximum atomic E-state index is 12.3. The van der Waals surface area contributed by atoms with Crippen molar-refractivity contribution in [1.82, 2.24) is 14.9 Å². The number of amides is 1. The van der Waals surface area contributed by atoms with Crippen LogP contribution in [0.4, 0.5) is 5.82 Å². The molecule has 4 rings (SSSR count). The average Bonchev–Trinajstić information content (AvgIpc) is 2.78. The van der Waals surface area contributed by atoms with Crippen LogP contribution in [-0.2, 0) is 28.9 Å². The van der Waals surface area contributed by atoms with Gasteiger partial charge in [-0.15, -0.1) is 0 Å². The number of carbonyl (C=O) groups excluding carboxylic acids is 1. The fourth-order valence-corrected chi connectivity index (χ4v) is 4.18. The number of anilines is 1. The zero-order valence-electron chi connectivity index (χ0n) is 16.8. The van der Waals surface area contributed by atoms with Gasteiger partial charge in [0.2, 0.25) is 0 Å². The first-order valence-electron chi connectivity index (χ1n) is 9.97. The van der Waals surface area contributed by atoms with Gasteiger partial charge >= 0.3 is 0 Å². The van der Waals surface area contributed by atoms with Gasteiger partial charge in [0.1, 0.15) is 17.4 Å². The van der Waals surface area contributed by atoms with Crippen LogP contribution < -0.4 is 9.64 Å². The molecule has 160 valence electrons. The Morgan fingerprint density at radius 3 is 2.70 bits per heavy atom. The van der Waals surface area contributed by atoms with Crippen molar-refractivity contribution in [2.24, 2.45) is 0 Å². The summed E-state index contributed by atoms with van der Waals surface area (Å²) in [6.07, 6.45) is 1.21. The van der Waals surface area contributed by atoms with Crippen LogP contribution in [0.3, 0.4) is 0 Å². The molecule has 0 radical (unpaired) electrons. The van der Waals surface area contributed by atoms with Crippen molar-refractivity contribution in [2.45, 2.75) is 24.2 Å². The normalized spacial score (nSPS) is 16.5. The third-order valence-corrected chi connectivity index (χ3v) is 5.81. The van der Waals surface area contributed by atoms with E-state index in [2.05, 4.69) is 4.90 Å². The van der Waals surface area contributed by atoms with E-state index in [4.69, 9.17) is 42.6 Å². The Labute approximate surface area is 185 Å². The number of morpholine rings is 1. The van der Waals surface area contributed by atoms with E-state index in [1.165, 1.54) is 0 Å². The third kappa shape index (κ3) is 4.48. The molecule has 9 heteroatoms. The molecule has 0 atom stereocenters. The summed E-state index contributed by atoms with van der Waals surface area (Å²) in [7, 11) is 1.66. The molecule has 1 aromatic heterocycles. The maximum Gasteiger partial charge on any atom is 0.256 e. The lowest BCUT2D eigenvalue weighted by molar-refractivity contribution is -0.130. The van der Waals surface area contributed by atoms with E-state index < -0.39 is 4.84 Å². The standard InChI is InChI=1S/C21H24Cl2N4O3/c1-29-17-5-3-2-4-14(17)12-18-24-16-6-7-27(21(28)19(22)23)13-15(16)20(25-18)26-8-10-30-11-9-26/h2-5,19H,6-13H2,1H3. The number of aromatic nitrogens is 2. The number of methoxy groups -OCH3 is 1. The van der Waals surface area contributed by atoms with Gasteiger partial charge in [-0.3, -0.25) is 4.79 Å². The Morgan fingerprint density at radius 2 is 1.97 bits per heavy atom. The van der Waals surface area contributed by atoms with Gasteiger partial charge in [-0.2, -0.15) is 0 Å². The van der Waals surface area contributed by atoms with Crippen molar-refractivity contribution in [3.63, 3.8) is 0 Å². The summed E-state index contributed by atoms with van der Waals surface area (Å²) in [6.45, 7) is 3.74. The molecule has 0 N–H and O–H groups in total. The van der Waals surface area contributed by atoms with E-state index in [0.29, 0.717) is 39.1 Å². The second kappa shape index (κ2) is 9.37. The molecule has 2 aromatic rings. The van der Waals surface area contributed by atoms with Crippen LogP contribution in [0.1, 0.15) is 22.6 Å². The van der Waals surface area contributed by atoms with Gasteiger partial charge in [0.05, 0.1) is 32.6 Å². The van der Waals surface area contributed by atoms with Crippen molar-refractivity contribution in [3.8, 4) is 5.75 Å². The molecule has 0 bridgehead atoms. The summed E-state index contributed by atoms with van der Waals surface area (Å²) in [5.74, 6) is 2.15. The Kier molecular flexibility index (Phi) is 6.61. The molecule has 0 aliphatic carbocycles. The maximum absolute atomic E-state index is 12.3. The molecule has 1 fully saturated rings. The Hall–Kier alpha value is -2.09. The summed E-state index contributed by atoms with van der Waals surface area (Å²) in [5, 5.41) is 0. The van der Waals surface area contributed by atoms with Crippen LogP contribution in [0.5, 0.6) is 5.75 Å². The van der Waals surface area contributed by atoms with Crippen molar-refractivity contribution in [1.29, 1.82) is 0 Å². The van der Waals surface area contributed by atoms with Crippen molar-refractivity contribution in [3.05, 3.63) is 46.9 Å². The van der Waals surface area contributed by atoms with Gasteiger partial charge < -0.3 is 19.3 Å². The van der Waals surface area contributed by atoms with Crippen LogP contribution in [0, 0.1) is 0 Å². The van der Waals surface area contributed by atoms with Gasteiger partial charge in [0.15, 0.2) is 4.84 Å². The van der Waals surface area contributed by atoms with E-state index in [-0.39, 0.29) is 5.91 Å². The molecule has 1 amide bonds. The molecule has 7 nitrogen and oxygen atoms in total. The zero-order valence-corrected chi connectivity index (χ0v) is 18.3. The van der Waals surface area contributed by atoms with E-state index in [9.17, 15) is 4.79 Å². The molecular formula is C21H24Cl2N4O3. The predicted molar refractivity (Wildman–Crippen MR) is 115 cm³/mol. The number of carbonyl (C=O) groups is 1. The molecule has 0 saturated carbocycles. The molecule has 2 aliphatic heterocycles. The van der Waals surface area contributed by atoms with Crippen LogP contribution in [0.25, 0.3) is 0 Å². The minimum Gasteiger partial charge on any atom is -0.496 e. The monoisotopic (exact) mass is 450 g/mol. The Morgan fingerprint density at radius 1 is 1.20 bits per heavy atom. The molecule has 3 heterocycles. The van der Waals surface area contributed by atoms with E-state index >= 15 is 0 Å². The first-order chi connectivity index (χ1) is 14.6. The smallest absolute Gasteiger partial charge is 0.256 e.